The zero-order chi connectivity index (χ0) is 10.5. The topological polar surface area (TPSA) is 43.1 Å². The monoisotopic (exact) mass is 199 g/mol. The zero-order valence-electron chi connectivity index (χ0n) is 7.96. The second kappa shape index (κ2) is 4.37. The minimum Gasteiger partial charge on any atom is -0.472 e. The Morgan fingerprint density at radius 1 is 1.33 bits per heavy atom. The highest BCUT2D eigenvalue weighted by atomic mass is 16.3. The van der Waals surface area contributed by atoms with Gasteiger partial charge in [0.15, 0.2) is 5.78 Å². The molecule has 0 aliphatic heterocycles. The second-order valence-electron chi connectivity index (χ2n) is 2.96. The molecule has 0 N–H and O–H groups in total. The van der Waals surface area contributed by atoms with Crippen molar-refractivity contribution in [2.24, 2.45) is 0 Å². The Labute approximate surface area is 87.1 Å². The number of hydrogen-bond donors (Lipinski definition) is 0. The van der Waals surface area contributed by atoms with E-state index in [1.54, 1.807) is 18.3 Å². The normalized spacial score (nSPS) is 10.7. The third-order valence-electron chi connectivity index (χ3n) is 1.90. The zero-order valence-corrected chi connectivity index (χ0v) is 7.96. The number of carbonyl (C=O) groups is 1. The van der Waals surface area contributed by atoms with E-state index in [9.17, 15) is 4.79 Å². The molecule has 0 saturated carbocycles. The van der Waals surface area contributed by atoms with E-state index in [2.05, 4.69) is 4.98 Å². The molecule has 0 radical (unpaired) electrons. The van der Waals surface area contributed by atoms with Crippen molar-refractivity contribution >= 4 is 11.9 Å². The van der Waals surface area contributed by atoms with Crippen LogP contribution in [-0.2, 0) is 0 Å². The first kappa shape index (κ1) is 9.40. The molecule has 74 valence electrons. The fourth-order valence-corrected chi connectivity index (χ4v) is 1.14. The summed E-state index contributed by atoms with van der Waals surface area (Å²) in [5.41, 5.74) is 1.30. The lowest BCUT2D eigenvalue weighted by atomic mass is 10.2. The van der Waals surface area contributed by atoms with E-state index < -0.39 is 0 Å². The van der Waals surface area contributed by atoms with Gasteiger partial charge in [-0.25, -0.2) is 0 Å². The van der Waals surface area contributed by atoms with Gasteiger partial charge in [-0.3, -0.25) is 9.78 Å². The number of allylic oxidation sites excluding steroid dienone is 1. The van der Waals surface area contributed by atoms with Gasteiger partial charge in [0.25, 0.3) is 0 Å². The van der Waals surface area contributed by atoms with Crippen molar-refractivity contribution in [3.63, 3.8) is 0 Å². The maximum atomic E-state index is 11.5. The molecule has 0 bridgehead atoms. The lowest BCUT2D eigenvalue weighted by Crippen LogP contribution is -1.90. The van der Waals surface area contributed by atoms with E-state index in [0.717, 1.165) is 5.69 Å². The van der Waals surface area contributed by atoms with Crippen molar-refractivity contribution in [2.75, 3.05) is 0 Å². The number of ketones is 1. The van der Waals surface area contributed by atoms with Gasteiger partial charge in [0.1, 0.15) is 6.26 Å². The van der Waals surface area contributed by atoms with Gasteiger partial charge in [-0.15, -0.1) is 0 Å². The van der Waals surface area contributed by atoms with Gasteiger partial charge in [0.2, 0.25) is 0 Å². The fourth-order valence-electron chi connectivity index (χ4n) is 1.14. The van der Waals surface area contributed by atoms with Crippen LogP contribution in [0.1, 0.15) is 16.1 Å². The molecule has 2 rings (SSSR count). The Kier molecular flexibility index (Phi) is 2.74. The molecule has 0 unspecified atom stereocenters. The lowest BCUT2D eigenvalue weighted by molar-refractivity contribution is 0.104. The number of carbonyl (C=O) groups excluding carboxylic acids is 1. The molecule has 0 aliphatic rings. The average molecular weight is 199 g/mol. The van der Waals surface area contributed by atoms with Crippen LogP contribution in [0.4, 0.5) is 0 Å². The molecule has 0 amide bonds. The summed E-state index contributed by atoms with van der Waals surface area (Å²) in [5.74, 6) is -0.0885. The Morgan fingerprint density at radius 3 is 2.93 bits per heavy atom. The van der Waals surface area contributed by atoms with Crippen LogP contribution in [0, 0.1) is 0 Å². The number of hydrogen-bond acceptors (Lipinski definition) is 3. The summed E-state index contributed by atoms with van der Waals surface area (Å²) in [4.78, 5) is 15.6. The smallest absolute Gasteiger partial charge is 0.189 e. The molecule has 0 saturated heterocycles. The largest absolute Gasteiger partial charge is 0.472 e. The molecule has 15 heavy (non-hydrogen) atoms. The van der Waals surface area contributed by atoms with Crippen molar-refractivity contribution in [1.82, 2.24) is 4.98 Å². The van der Waals surface area contributed by atoms with Gasteiger partial charge in [-0.1, -0.05) is 6.07 Å². The predicted octanol–water partition coefficient (Wildman–Crippen LogP) is 2.57. The van der Waals surface area contributed by atoms with Crippen molar-refractivity contribution in [3.8, 4) is 0 Å². The first-order chi connectivity index (χ1) is 7.36. The first-order valence-corrected chi connectivity index (χ1v) is 4.52. The summed E-state index contributed by atoms with van der Waals surface area (Å²) in [6.07, 6.45) is 7.73. The highest BCUT2D eigenvalue weighted by molar-refractivity contribution is 6.06. The fraction of sp³-hybridized carbons (Fsp3) is 0. The molecule has 2 heterocycles. The molecule has 0 fully saturated rings. The van der Waals surface area contributed by atoms with Gasteiger partial charge >= 0.3 is 0 Å². The molecule has 2 aromatic rings. The van der Waals surface area contributed by atoms with Gasteiger partial charge in [-0.2, -0.15) is 0 Å². The Balaban J connectivity index is 2.10. The van der Waals surface area contributed by atoms with Crippen LogP contribution in [0.5, 0.6) is 0 Å². The minimum absolute atomic E-state index is 0.0885. The predicted molar refractivity (Wildman–Crippen MR) is 56.3 cm³/mol. The Hall–Kier alpha value is -2.16. The number of nitrogens with zero attached hydrogens (tertiary/aromatic N) is 1. The van der Waals surface area contributed by atoms with Gasteiger partial charge < -0.3 is 4.42 Å². The van der Waals surface area contributed by atoms with E-state index in [0.29, 0.717) is 5.56 Å². The van der Waals surface area contributed by atoms with Crippen molar-refractivity contribution in [1.29, 1.82) is 0 Å². The molecule has 2 aromatic heterocycles. The number of pyridine rings is 1. The quantitative estimate of drug-likeness (QED) is 0.563. The maximum Gasteiger partial charge on any atom is 0.189 e. The first-order valence-electron chi connectivity index (χ1n) is 4.52. The standard InChI is InChI=1S/C12H9NO2/c14-12(10-6-8-15-9-10)5-4-11-3-1-2-7-13-11/h1-9H. The highest BCUT2D eigenvalue weighted by Gasteiger charge is 2.01. The van der Waals surface area contributed by atoms with Crippen LogP contribution in [0.2, 0.25) is 0 Å². The number of rotatable bonds is 3. The number of furan rings is 1. The van der Waals surface area contributed by atoms with Crippen LogP contribution in [0.15, 0.2) is 53.5 Å². The van der Waals surface area contributed by atoms with Crippen LogP contribution >= 0.6 is 0 Å². The SMILES string of the molecule is O=C(C=Cc1ccccn1)c1ccoc1. The summed E-state index contributed by atoms with van der Waals surface area (Å²) in [7, 11) is 0. The average Bonchev–Trinajstić information content (AvgIpc) is 2.81. The molecule has 0 spiro atoms. The van der Waals surface area contributed by atoms with Crippen molar-refractivity contribution in [2.45, 2.75) is 0 Å². The highest BCUT2D eigenvalue weighted by Crippen LogP contribution is 2.04. The summed E-state index contributed by atoms with van der Waals surface area (Å²) >= 11 is 0. The third-order valence-corrected chi connectivity index (χ3v) is 1.90. The molecule has 0 aliphatic carbocycles. The molecular weight excluding hydrogens is 190 g/mol. The summed E-state index contributed by atoms with van der Waals surface area (Å²) in [6, 6.07) is 7.16. The molecule has 3 nitrogen and oxygen atoms in total. The minimum atomic E-state index is -0.0885. The van der Waals surface area contributed by atoms with Crippen molar-refractivity contribution < 1.29 is 9.21 Å². The lowest BCUT2D eigenvalue weighted by Gasteiger charge is -1.89. The van der Waals surface area contributed by atoms with E-state index in [4.69, 9.17) is 4.42 Å². The van der Waals surface area contributed by atoms with E-state index in [1.165, 1.54) is 18.6 Å². The molecular formula is C12H9NO2. The van der Waals surface area contributed by atoms with E-state index in [1.807, 2.05) is 18.2 Å². The maximum absolute atomic E-state index is 11.5. The van der Waals surface area contributed by atoms with Crippen LogP contribution in [0.25, 0.3) is 6.08 Å². The Morgan fingerprint density at radius 2 is 2.27 bits per heavy atom. The van der Waals surface area contributed by atoms with Crippen LogP contribution in [-0.4, -0.2) is 10.8 Å². The van der Waals surface area contributed by atoms with E-state index in [-0.39, 0.29) is 5.78 Å². The summed E-state index contributed by atoms with van der Waals surface area (Å²) in [5, 5.41) is 0. The van der Waals surface area contributed by atoms with Crippen LogP contribution < -0.4 is 0 Å². The number of aromatic nitrogens is 1. The summed E-state index contributed by atoms with van der Waals surface area (Å²) in [6.45, 7) is 0. The van der Waals surface area contributed by atoms with Crippen LogP contribution in [0.3, 0.4) is 0 Å². The van der Waals surface area contributed by atoms with Crippen molar-refractivity contribution in [3.05, 3.63) is 60.3 Å². The molecule has 0 atom stereocenters. The molecule has 0 aromatic carbocycles. The van der Waals surface area contributed by atoms with Gasteiger partial charge in [0.05, 0.1) is 17.5 Å². The Bertz CT molecular complexity index is 458. The van der Waals surface area contributed by atoms with Gasteiger partial charge in [-0.05, 0) is 30.4 Å². The van der Waals surface area contributed by atoms with E-state index >= 15 is 0 Å². The summed E-state index contributed by atoms with van der Waals surface area (Å²) < 4.78 is 4.82. The third kappa shape index (κ3) is 2.40. The van der Waals surface area contributed by atoms with Gasteiger partial charge in [0, 0.05) is 6.20 Å². The molecule has 3 heteroatoms. The second-order valence-corrected chi connectivity index (χ2v) is 2.96.